The van der Waals surface area contributed by atoms with Crippen molar-refractivity contribution in [3.63, 3.8) is 0 Å². The smallest absolute Gasteiger partial charge is 0.413 e. The highest BCUT2D eigenvalue weighted by Crippen LogP contribution is 2.42. The van der Waals surface area contributed by atoms with Gasteiger partial charge in [-0.25, -0.2) is 9.97 Å². The molecular formula is C18H9F3N4OS2. The van der Waals surface area contributed by atoms with Gasteiger partial charge in [-0.1, -0.05) is 18.2 Å². The molecule has 4 rings (SSSR count). The van der Waals surface area contributed by atoms with Gasteiger partial charge in [0.05, 0.1) is 17.1 Å². The van der Waals surface area contributed by atoms with Gasteiger partial charge < -0.3 is 4.18 Å². The second-order valence-corrected chi connectivity index (χ2v) is 7.31. The van der Waals surface area contributed by atoms with Crippen molar-refractivity contribution in [1.29, 1.82) is 5.26 Å². The lowest BCUT2D eigenvalue weighted by Crippen LogP contribution is -2.04. The number of benzene rings is 1. The Bertz CT molecular complexity index is 1200. The number of rotatable bonds is 4. The predicted molar refractivity (Wildman–Crippen MR) is 102 cm³/mol. The summed E-state index contributed by atoms with van der Waals surface area (Å²) < 4.78 is 44.8. The summed E-state index contributed by atoms with van der Waals surface area (Å²) in [5.74, 6) is -0.229. The fourth-order valence-electron chi connectivity index (χ4n) is 2.69. The minimum Gasteiger partial charge on any atom is -0.413 e. The van der Waals surface area contributed by atoms with Crippen LogP contribution in [0.2, 0.25) is 0 Å². The maximum absolute atomic E-state index is 12.7. The van der Waals surface area contributed by atoms with Crippen LogP contribution in [0.5, 0.6) is 5.75 Å². The summed E-state index contributed by atoms with van der Waals surface area (Å²) in [5, 5.41) is 10.2. The fraction of sp³-hybridized carbons (Fsp3) is 0.0556. The molecule has 0 aliphatic rings. The quantitative estimate of drug-likeness (QED) is 0.405. The normalized spacial score (nSPS) is 11.6. The molecule has 0 fully saturated rings. The Balaban J connectivity index is 1.97. The molecule has 3 heterocycles. The van der Waals surface area contributed by atoms with E-state index in [2.05, 4.69) is 9.97 Å². The first-order valence-corrected chi connectivity index (χ1v) is 9.33. The largest absolute Gasteiger partial charge is 0.479 e. The molecule has 0 unspecified atom stereocenters. The molecule has 0 aliphatic carbocycles. The molecule has 0 saturated carbocycles. The van der Waals surface area contributed by atoms with Crippen LogP contribution in [-0.2, 0) is 0 Å². The molecule has 1 aromatic carbocycles. The van der Waals surface area contributed by atoms with E-state index in [0.29, 0.717) is 21.9 Å². The maximum atomic E-state index is 12.7. The van der Waals surface area contributed by atoms with Gasteiger partial charge in [0.15, 0.2) is 29.1 Å². The molecule has 0 aliphatic heterocycles. The van der Waals surface area contributed by atoms with E-state index in [4.69, 9.17) is 4.18 Å². The van der Waals surface area contributed by atoms with E-state index in [1.165, 1.54) is 18.1 Å². The number of nitriles is 1. The SMILES string of the molecule is N#Cc1ncc2c(c1OSC(F)(F)F)c1cccnc1n2Sc1ccccc1. The second-order valence-electron chi connectivity index (χ2n) is 5.49. The molecule has 4 aromatic rings. The summed E-state index contributed by atoms with van der Waals surface area (Å²) in [6.45, 7) is 0. The van der Waals surface area contributed by atoms with Gasteiger partial charge in [0.1, 0.15) is 6.07 Å². The number of fused-ring (bicyclic) bond motifs is 3. The maximum Gasteiger partial charge on any atom is 0.479 e. The molecule has 0 N–H and O–H groups in total. The van der Waals surface area contributed by atoms with Crippen LogP contribution in [-0.4, -0.2) is 19.4 Å². The monoisotopic (exact) mass is 418 g/mol. The Morgan fingerprint density at radius 3 is 2.57 bits per heavy atom. The lowest BCUT2D eigenvalue weighted by Gasteiger charge is -2.09. The predicted octanol–water partition coefficient (Wildman–Crippen LogP) is 5.56. The summed E-state index contributed by atoms with van der Waals surface area (Å²) in [6.07, 6.45) is 3.03. The van der Waals surface area contributed by atoms with Crippen LogP contribution in [0.15, 0.2) is 59.8 Å². The Kier molecular flexibility index (Phi) is 4.78. The van der Waals surface area contributed by atoms with E-state index in [1.54, 1.807) is 28.4 Å². The van der Waals surface area contributed by atoms with Gasteiger partial charge in [-0.3, -0.25) is 3.97 Å². The van der Waals surface area contributed by atoms with E-state index in [-0.39, 0.29) is 11.4 Å². The van der Waals surface area contributed by atoms with Crippen molar-refractivity contribution in [2.24, 2.45) is 0 Å². The zero-order valence-corrected chi connectivity index (χ0v) is 15.5. The van der Waals surface area contributed by atoms with Gasteiger partial charge in [0, 0.05) is 16.5 Å². The van der Waals surface area contributed by atoms with Crippen molar-refractivity contribution >= 4 is 45.9 Å². The van der Waals surface area contributed by atoms with Gasteiger partial charge in [-0.15, -0.1) is 0 Å². The van der Waals surface area contributed by atoms with E-state index >= 15 is 0 Å². The van der Waals surface area contributed by atoms with E-state index in [9.17, 15) is 18.4 Å². The van der Waals surface area contributed by atoms with Gasteiger partial charge in [-0.2, -0.15) is 18.4 Å². The summed E-state index contributed by atoms with van der Waals surface area (Å²) in [5.41, 5.74) is -3.81. The molecule has 28 heavy (non-hydrogen) atoms. The number of alkyl halides is 3. The van der Waals surface area contributed by atoms with Crippen molar-refractivity contribution in [1.82, 2.24) is 13.9 Å². The van der Waals surface area contributed by atoms with Gasteiger partial charge in [0.2, 0.25) is 0 Å². The average molecular weight is 418 g/mol. The van der Waals surface area contributed by atoms with Crippen LogP contribution >= 0.6 is 24.0 Å². The molecule has 10 heteroatoms. The number of halogens is 3. The number of aromatic nitrogens is 3. The van der Waals surface area contributed by atoms with Crippen molar-refractivity contribution in [2.45, 2.75) is 10.4 Å². The minimum atomic E-state index is -4.62. The molecule has 0 radical (unpaired) electrons. The van der Waals surface area contributed by atoms with Gasteiger partial charge in [0.25, 0.3) is 0 Å². The second kappa shape index (κ2) is 7.26. The van der Waals surface area contributed by atoms with Crippen LogP contribution in [0.25, 0.3) is 21.9 Å². The summed E-state index contributed by atoms with van der Waals surface area (Å²) in [4.78, 5) is 9.27. The number of nitrogens with zero attached hydrogens (tertiary/aromatic N) is 4. The Morgan fingerprint density at radius 2 is 1.86 bits per heavy atom. The Morgan fingerprint density at radius 1 is 1.07 bits per heavy atom. The molecule has 0 spiro atoms. The zero-order chi connectivity index (χ0) is 19.7. The molecule has 5 nitrogen and oxygen atoms in total. The van der Waals surface area contributed by atoms with E-state index in [0.717, 1.165) is 4.90 Å². The summed E-state index contributed by atoms with van der Waals surface area (Å²) in [7, 11) is 0. The minimum absolute atomic E-state index is 0.225. The molecule has 140 valence electrons. The van der Waals surface area contributed by atoms with Crippen molar-refractivity contribution < 1.29 is 17.4 Å². The van der Waals surface area contributed by atoms with E-state index < -0.39 is 17.6 Å². The first kappa shape index (κ1) is 18.5. The summed E-state index contributed by atoms with van der Waals surface area (Å²) >= 11 is 0.671. The first-order chi connectivity index (χ1) is 13.5. The first-order valence-electron chi connectivity index (χ1n) is 7.82. The zero-order valence-electron chi connectivity index (χ0n) is 13.8. The van der Waals surface area contributed by atoms with Crippen LogP contribution in [0.1, 0.15) is 5.69 Å². The third-order valence-corrected chi connectivity index (χ3v) is 5.22. The highest BCUT2D eigenvalue weighted by atomic mass is 32.2. The van der Waals surface area contributed by atoms with Crippen LogP contribution in [0.3, 0.4) is 0 Å². The van der Waals surface area contributed by atoms with Crippen LogP contribution < -0.4 is 4.18 Å². The van der Waals surface area contributed by atoms with Crippen molar-refractivity contribution in [2.75, 3.05) is 0 Å². The topological polar surface area (TPSA) is 63.7 Å². The lowest BCUT2D eigenvalue weighted by molar-refractivity contribution is -0.0369. The lowest BCUT2D eigenvalue weighted by atomic mass is 10.2. The highest BCUT2D eigenvalue weighted by molar-refractivity contribution is 7.98. The van der Waals surface area contributed by atoms with Crippen molar-refractivity contribution in [3.05, 3.63) is 60.6 Å². The molecular weight excluding hydrogens is 409 g/mol. The molecule has 0 bridgehead atoms. The van der Waals surface area contributed by atoms with Gasteiger partial charge in [-0.05, 0) is 36.2 Å². The highest BCUT2D eigenvalue weighted by Gasteiger charge is 2.33. The van der Waals surface area contributed by atoms with Crippen LogP contribution in [0, 0.1) is 11.3 Å². The van der Waals surface area contributed by atoms with Crippen molar-refractivity contribution in [3.8, 4) is 11.8 Å². The third-order valence-electron chi connectivity index (χ3n) is 3.75. The molecule has 3 aromatic heterocycles. The van der Waals surface area contributed by atoms with E-state index in [1.807, 2.05) is 30.3 Å². The summed E-state index contributed by atoms with van der Waals surface area (Å²) in [6, 6.07) is 14.6. The Hall–Kier alpha value is -2.90. The molecule has 0 saturated heterocycles. The number of hydrogen-bond acceptors (Lipinski definition) is 6. The van der Waals surface area contributed by atoms with Crippen LogP contribution in [0.4, 0.5) is 13.2 Å². The fourth-order valence-corrected chi connectivity index (χ4v) is 3.99. The number of pyridine rings is 2. The average Bonchev–Trinajstić information content (AvgIpc) is 3.00. The number of hydrogen-bond donors (Lipinski definition) is 0. The molecule has 0 atom stereocenters. The molecule has 0 amide bonds. The third kappa shape index (κ3) is 3.46. The van der Waals surface area contributed by atoms with Gasteiger partial charge >= 0.3 is 5.51 Å². The Labute approximate surface area is 165 Å². The standard InChI is InChI=1S/C18H9F3N4OS2/c19-18(20,21)28-26-16-13(9-22)24-10-14-15(16)12-7-4-8-23-17(12)25(14)27-11-5-2-1-3-6-11/h1-8,10H.